The molecule has 0 radical (unpaired) electrons. The van der Waals surface area contributed by atoms with E-state index in [-0.39, 0.29) is 18.0 Å². The van der Waals surface area contributed by atoms with Crippen molar-refractivity contribution in [3.05, 3.63) is 54.1 Å². The maximum Gasteiger partial charge on any atom is 0.338 e. The van der Waals surface area contributed by atoms with Gasteiger partial charge in [-0.15, -0.1) is 0 Å². The summed E-state index contributed by atoms with van der Waals surface area (Å²) in [6.45, 7) is 5.33. The molecule has 4 nitrogen and oxygen atoms in total. The first-order valence-electron chi connectivity index (χ1n) is 8.09. The van der Waals surface area contributed by atoms with Gasteiger partial charge in [0.25, 0.3) is 0 Å². The van der Waals surface area contributed by atoms with Gasteiger partial charge in [0, 0.05) is 6.92 Å². The van der Waals surface area contributed by atoms with E-state index in [0.29, 0.717) is 11.3 Å². The van der Waals surface area contributed by atoms with Gasteiger partial charge in [-0.1, -0.05) is 37.6 Å². The quantitative estimate of drug-likeness (QED) is 0.574. The van der Waals surface area contributed by atoms with E-state index in [2.05, 4.69) is 6.92 Å². The van der Waals surface area contributed by atoms with Gasteiger partial charge >= 0.3 is 11.9 Å². The highest BCUT2D eigenvalue weighted by molar-refractivity contribution is 5.90. The van der Waals surface area contributed by atoms with Crippen molar-refractivity contribution < 1.29 is 19.1 Å². The fourth-order valence-corrected chi connectivity index (χ4v) is 2.40. The monoisotopic (exact) mass is 326 g/mol. The highest BCUT2D eigenvalue weighted by Crippen LogP contribution is 2.23. The largest absolute Gasteiger partial charge is 0.459 e. The third kappa shape index (κ3) is 4.95. The van der Waals surface area contributed by atoms with Crippen molar-refractivity contribution in [3.8, 4) is 16.9 Å². The zero-order valence-corrected chi connectivity index (χ0v) is 14.2. The van der Waals surface area contributed by atoms with E-state index in [1.807, 2.05) is 31.2 Å². The third-order valence-corrected chi connectivity index (χ3v) is 3.57. The zero-order chi connectivity index (χ0) is 17.5. The number of hydrogen-bond donors (Lipinski definition) is 0. The summed E-state index contributed by atoms with van der Waals surface area (Å²) in [5.41, 5.74) is 2.49. The summed E-state index contributed by atoms with van der Waals surface area (Å²) in [6.07, 6.45) is 1.77. The van der Waals surface area contributed by atoms with Crippen molar-refractivity contribution in [2.45, 2.75) is 39.7 Å². The van der Waals surface area contributed by atoms with Crippen molar-refractivity contribution in [2.75, 3.05) is 0 Å². The summed E-state index contributed by atoms with van der Waals surface area (Å²) in [6, 6.07) is 14.5. The van der Waals surface area contributed by atoms with Crippen LogP contribution in [0.25, 0.3) is 11.1 Å². The standard InChI is InChI=1S/C20H22O4/c1-4-5-14(2)23-20(22)18-8-6-16(7-9-18)17-10-12-19(13-11-17)24-15(3)21/h6-14H,4-5H2,1-3H3. The Labute approximate surface area is 142 Å². The first kappa shape index (κ1) is 17.7. The number of carbonyl (C=O) groups excluding carboxylic acids is 2. The molecule has 0 aliphatic heterocycles. The normalized spacial score (nSPS) is 11.6. The van der Waals surface area contributed by atoms with Gasteiger partial charge in [-0.25, -0.2) is 4.79 Å². The van der Waals surface area contributed by atoms with Gasteiger partial charge in [0.15, 0.2) is 0 Å². The minimum atomic E-state index is -0.345. The van der Waals surface area contributed by atoms with Gasteiger partial charge in [0.1, 0.15) is 5.75 Å². The second-order valence-electron chi connectivity index (χ2n) is 5.70. The lowest BCUT2D eigenvalue weighted by Gasteiger charge is -2.12. The maximum absolute atomic E-state index is 12.1. The molecule has 0 aliphatic carbocycles. The predicted octanol–water partition coefficient (Wildman–Crippen LogP) is 4.62. The SMILES string of the molecule is CCCC(C)OC(=O)c1ccc(-c2ccc(OC(C)=O)cc2)cc1. The Morgan fingerprint density at radius 2 is 1.50 bits per heavy atom. The highest BCUT2D eigenvalue weighted by Gasteiger charge is 2.11. The van der Waals surface area contributed by atoms with Crippen LogP contribution in [-0.2, 0) is 9.53 Å². The molecule has 0 aromatic heterocycles. The van der Waals surface area contributed by atoms with Gasteiger partial charge in [-0.3, -0.25) is 4.79 Å². The highest BCUT2D eigenvalue weighted by atomic mass is 16.5. The van der Waals surface area contributed by atoms with E-state index in [4.69, 9.17) is 9.47 Å². The second-order valence-corrected chi connectivity index (χ2v) is 5.70. The molecule has 24 heavy (non-hydrogen) atoms. The minimum absolute atomic E-state index is 0.0732. The van der Waals surface area contributed by atoms with Crippen molar-refractivity contribution in [1.82, 2.24) is 0 Å². The Hall–Kier alpha value is -2.62. The van der Waals surface area contributed by atoms with Gasteiger partial charge < -0.3 is 9.47 Å². The van der Waals surface area contributed by atoms with Crippen LogP contribution in [0.2, 0.25) is 0 Å². The fourth-order valence-electron chi connectivity index (χ4n) is 2.40. The van der Waals surface area contributed by atoms with Crippen LogP contribution in [0, 0.1) is 0 Å². The predicted molar refractivity (Wildman–Crippen MR) is 93.0 cm³/mol. The smallest absolute Gasteiger partial charge is 0.338 e. The lowest BCUT2D eigenvalue weighted by Crippen LogP contribution is -2.14. The van der Waals surface area contributed by atoms with Crippen molar-refractivity contribution in [3.63, 3.8) is 0 Å². The first-order valence-corrected chi connectivity index (χ1v) is 8.09. The Morgan fingerprint density at radius 3 is 2.00 bits per heavy atom. The number of benzene rings is 2. The number of rotatable bonds is 6. The molecule has 0 aliphatic rings. The molecule has 0 amide bonds. The molecule has 0 heterocycles. The van der Waals surface area contributed by atoms with Crippen LogP contribution < -0.4 is 4.74 Å². The molecule has 0 saturated carbocycles. The second kappa shape index (κ2) is 8.29. The minimum Gasteiger partial charge on any atom is -0.459 e. The van der Waals surface area contributed by atoms with Crippen LogP contribution in [0.5, 0.6) is 5.75 Å². The molecule has 2 aromatic carbocycles. The molecule has 2 aromatic rings. The van der Waals surface area contributed by atoms with E-state index in [1.165, 1.54) is 6.92 Å². The Bertz CT molecular complexity index is 687. The number of carbonyl (C=O) groups is 2. The van der Waals surface area contributed by atoms with Crippen molar-refractivity contribution in [1.29, 1.82) is 0 Å². The number of hydrogen-bond acceptors (Lipinski definition) is 4. The van der Waals surface area contributed by atoms with Crippen LogP contribution >= 0.6 is 0 Å². The molecule has 1 atom stereocenters. The summed E-state index contributed by atoms with van der Waals surface area (Å²) in [7, 11) is 0. The molecule has 4 heteroatoms. The Morgan fingerprint density at radius 1 is 0.958 bits per heavy atom. The van der Waals surface area contributed by atoms with Gasteiger partial charge in [-0.05, 0) is 48.7 Å². The molecular formula is C20H22O4. The summed E-state index contributed by atoms with van der Waals surface area (Å²) in [5.74, 6) is -0.132. The number of ether oxygens (including phenoxy) is 2. The first-order chi connectivity index (χ1) is 11.5. The summed E-state index contributed by atoms with van der Waals surface area (Å²) in [4.78, 5) is 23.0. The fraction of sp³-hybridized carbons (Fsp3) is 0.300. The van der Waals surface area contributed by atoms with E-state index < -0.39 is 0 Å². The molecule has 0 N–H and O–H groups in total. The van der Waals surface area contributed by atoms with E-state index in [1.54, 1.807) is 24.3 Å². The molecule has 2 rings (SSSR count). The third-order valence-electron chi connectivity index (χ3n) is 3.57. The molecule has 0 bridgehead atoms. The topological polar surface area (TPSA) is 52.6 Å². The van der Waals surface area contributed by atoms with Gasteiger partial charge in [-0.2, -0.15) is 0 Å². The van der Waals surface area contributed by atoms with E-state index >= 15 is 0 Å². The average molecular weight is 326 g/mol. The van der Waals surface area contributed by atoms with Crippen molar-refractivity contribution >= 4 is 11.9 Å². The molecular weight excluding hydrogens is 304 g/mol. The molecule has 0 fully saturated rings. The summed E-state index contributed by atoms with van der Waals surface area (Å²) >= 11 is 0. The van der Waals surface area contributed by atoms with Crippen LogP contribution in [0.15, 0.2) is 48.5 Å². The van der Waals surface area contributed by atoms with Gasteiger partial charge in [0.05, 0.1) is 11.7 Å². The van der Waals surface area contributed by atoms with Crippen molar-refractivity contribution in [2.24, 2.45) is 0 Å². The molecule has 0 spiro atoms. The van der Waals surface area contributed by atoms with E-state index in [9.17, 15) is 9.59 Å². The summed E-state index contributed by atoms with van der Waals surface area (Å²) in [5, 5.41) is 0. The lowest BCUT2D eigenvalue weighted by molar-refractivity contribution is -0.131. The summed E-state index contributed by atoms with van der Waals surface area (Å²) < 4.78 is 10.4. The molecule has 1 unspecified atom stereocenters. The average Bonchev–Trinajstić information content (AvgIpc) is 2.55. The zero-order valence-electron chi connectivity index (χ0n) is 14.2. The van der Waals surface area contributed by atoms with Crippen LogP contribution in [-0.4, -0.2) is 18.0 Å². The molecule has 126 valence electrons. The van der Waals surface area contributed by atoms with E-state index in [0.717, 1.165) is 24.0 Å². The van der Waals surface area contributed by atoms with Crippen LogP contribution in [0.3, 0.4) is 0 Å². The maximum atomic E-state index is 12.1. The Kier molecular flexibility index (Phi) is 6.13. The lowest BCUT2D eigenvalue weighted by atomic mass is 10.0. The number of esters is 2. The van der Waals surface area contributed by atoms with Crippen LogP contribution in [0.1, 0.15) is 44.0 Å². The van der Waals surface area contributed by atoms with Gasteiger partial charge in [0.2, 0.25) is 0 Å². The Balaban J connectivity index is 2.06. The van der Waals surface area contributed by atoms with Crippen LogP contribution in [0.4, 0.5) is 0 Å². The molecule has 0 saturated heterocycles.